The third-order valence-electron chi connectivity index (χ3n) is 6.21. The van der Waals surface area contributed by atoms with Crippen molar-refractivity contribution in [1.82, 2.24) is 19.9 Å². The third kappa shape index (κ3) is 4.95. The summed E-state index contributed by atoms with van der Waals surface area (Å²) in [5, 5.41) is 4.52. The average molecular weight is 471 g/mol. The first-order valence-corrected chi connectivity index (χ1v) is 12.5. The minimum absolute atomic E-state index is 0.107. The topological polar surface area (TPSA) is 57.2 Å². The van der Waals surface area contributed by atoms with Gasteiger partial charge >= 0.3 is 0 Å². The second kappa shape index (κ2) is 9.91. The molecule has 1 fully saturated rings. The molecule has 1 aliphatic rings. The van der Waals surface area contributed by atoms with Crippen molar-refractivity contribution in [2.24, 2.45) is 0 Å². The molecule has 7 heteroatoms. The summed E-state index contributed by atoms with van der Waals surface area (Å²) in [6, 6.07) is 21.0. The number of rotatable bonds is 6. The molecule has 1 saturated heterocycles. The van der Waals surface area contributed by atoms with Gasteiger partial charge in [-0.05, 0) is 38.6 Å². The molecule has 174 valence electrons. The highest BCUT2D eigenvalue weighted by Gasteiger charge is 2.22. The van der Waals surface area contributed by atoms with Crippen molar-refractivity contribution in [2.45, 2.75) is 19.9 Å². The fourth-order valence-electron chi connectivity index (χ4n) is 4.18. The lowest BCUT2D eigenvalue weighted by molar-refractivity contribution is 0.313. The molecule has 2 aromatic carbocycles. The number of nitrogens with zero attached hydrogens (tertiary/aromatic N) is 5. The van der Waals surface area contributed by atoms with E-state index in [9.17, 15) is 0 Å². The Morgan fingerprint density at radius 1 is 0.941 bits per heavy atom. The number of benzene rings is 2. The average Bonchev–Trinajstić information content (AvgIpc) is 3.31. The summed E-state index contributed by atoms with van der Waals surface area (Å²) in [5.74, 6) is 0.624. The fourth-order valence-corrected chi connectivity index (χ4v) is 5.29. The number of thiazole rings is 1. The van der Waals surface area contributed by atoms with E-state index in [1.807, 2.05) is 18.3 Å². The molecular weight excluding hydrogens is 440 g/mol. The van der Waals surface area contributed by atoms with Gasteiger partial charge in [-0.1, -0.05) is 65.4 Å². The predicted molar refractivity (Wildman–Crippen MR) is 142 cm³/mol. The number of anilines is 2. The molecule has 0 aliphatic carbocycles. The van der Waals surface area contributed by atoms with Gasteiger partial charge < -0.3 is 15.1 Å². The van der Waals surface area contributed by atoms with Gasteiger partial charge in [0, 0.05) is 37.9 Å². The highest BCUT2D eigenvalue weighted by molar-refractivity contribution is 7.19. The molecule has 1 atom stereocenters. The van der Waals surface area contributed by atoms with Crippen molar-refractivity contribution in [3.05, 3.63) is 78.0 Å². The van der Waals surface area contributed by atoms with E-state index in [0.717, 1.165) is 53.1 Å². The van der Waals surface area contributed by atoms with Gasteiger partial charge in [0.15, 0.2) is 5.13 Å². The minimum atomic E-state index is 0.107. The van der Waals surface area contributed by atoms with E-state index in [2.05, 4.69) is 89.5 Å². The van der Waals surface area contributed by atoms with Crippen LogP contribution in [0.15, 0.2) is 66.9 Å². The van der Waals surface area contributed by atoms with Crippen LogP contribution in [0.3, 0.4) is 0 Å². The summed E-state index contributed by atoms with van der Waals surface area (Å²) in [6.45, 7) is 8.32. The highest BCUT2D eigenvalue weighted by Crippen LogP contribution is 2.40. The molecule has 5 rings (SSSR count). The van der Waals surface area contributed by atoms with E-state index >= 15 is 0 Å². The molecule has 3 heterocycles. The summed E-state index contributed by atoms with van der Waals surface area (Å²) in [6.07, 6.45) is 1.83. The molecule has 1 unspecified atom stereocenters. The molecule has 0 saturated carbocycles. The summed E-state index contributed by atoms with van der Waals surface area (Å²) in [5.41, 5.74) is 5.43. The Bertz CT molecular complexity index is 1250. The fraction of sp³-hybridized carbons (Fsp3) is 0.296. The second-order valence-electron chi connectivity index (χ2n) is 8.88. The molecular formula is C27H30N6S. The number of aryl methyl sites for hydroxylation is 1. The van der Waals surface area contributed by atoms with Gasteiger partial charge in [-0.25, -0.2) is 15.0 Å². The Hall–Kier alpha value is -3.29. The van der Waals surface area contributed by atoms with E-state index in [-0.39, 0.29) is 6.04 Å². The molecule has 1 aliphatic heterocycles. The van der Waals surface area contributed by atoms with Gasteiger partial charge in [0.2, 0.25) is 5.95 Å². The lowest BCUT2D eigenvalue weighted by Crippen LogP contribution is -2.44. The summed E-state index contributed by atoms with van der Waals surface area (Å²) < 4.78 is 0. The van der Waals surface area contributed by atoms with Crippen molar-refractivity contribution in [3.8, 4) is 21.8 Å². The number of nitrogens with one attached hydrogen (secondary N) is 1. The maximum atomic E-state index is 5.13. The van der Waals surface area contributed by atoms with Crippen molar-refractivity contribution in [2.75, 3.05) is 43.4 Å². The van der Waals surface area contributed by atoms with Crippen LogP contribution in [0.4, 0.5) is 11.1 Å². The Morgan fingerprint density at radius 3 is 2.50 bits per heavy atom. The first-order chi connectivity index (χ1) is 16.6. The summed E-state index contributed by atoms with van der Waals surface area (Å²) in [7, 11) is 2.18. The van der Waals surface area contributed by atoms with Crippen LogP contribution in [0.2, 0.25) is 0 Å². The van der Waals surface area contributed by atoms with Crippen LogP contribution in [-0.2, 0) is 0 Å². The van der Waals surface area contributed by atoms with Gasteiger partial charge in [-0.15, -0.1) is 0 Å². The maximum Gasteiger partial charge on any atom is 0.223 e. The largest absolute Gasteiger partial charge is 0.348 e. The minimum Gasteiger partial charge on any atom is -0.348 e. The Balaban J connectivity index is 1.50. The molecule has 34 heavy (non-hydrogen) atoms. The van der Waals surface area contributed by atoms with E-state index in [4.69, 9.17) is 9.97 Å². The van der Waals surface area contributed by atoms with Crippen LogP contribution in [0.25, 0.3) is 21.8 Å². The molecule has 6 nitrogen and oxygen atoms in total. The number of piperazine rings is 1. The van der Waals surface area contributed by atoms with Gasteiger partial charge in [-0.3, -0.25) is 0 Å². The Kier molecular flexibility index (Phi) is 6.56. The molecule has 0 radical (unpaired) electrons. The molecule has 0 amide bonds. The normalized spacial score (nSPS) is 15.3. The molecule has 2 aromatic heterocycles. The molecule has 0 bridgehead atoms. The zero-order valence-electron chi connectivity index (χ0n) is 19.9. The van der Waals surface area contributed by atoms with Gasteiger partial charge in [-0.2, -0.15) is 0 Å². The van der Waals surface area contributed by atoms with Gasteiger partial charge in [0.05, 0.1) is 22.3 Å². The van der Waals surface area contributed by atoms with Crippen molar-refractivity contribution < 1.29 is 0 Å². The smallest absolute Gasteiger partial charge is 0.223 e. The standard InChI is InChI=1S/C27H30N6S/c1-19-8-7-11-22(18-19)24-25(34-27(31-24)33-16-14-32(3)15-17-33)23-12-13-28-26(30-23)29-20(2)21-9-5-4-6-10-21/h4-13,18,20H,14-17H2,1-3H3,(H,28,29,30). The quantitative estimate of drug-likeness (QED) is 0.402. The predicted octanol–water partition coefficient (Wildman–Crippen LogP) is 5.50. The van der Waals surface area contributed by atoms with E-state index < -0.39 is 0 Å². The SMILES string of the molecule is Cc1cccc(-c2nc(N3CCN(C)CC3)sc2-c2ccnc(NC(C)c3ccccc3)n2)c1. The molecule has 0 spiro atoms. The number of aromatic nitrogens is 3. The van der Waals surface area contributed by atoms with Crippen LogP contribution >= 0.6 is 11.3 Å². The monoisotopic (exact) mass is 470 g/mol. The summed E-state index contributed by atoms with van der Waals surface area (Å²) >= 11 is 1.72. The summed E-state index contributed by atoms with van der Waals surface area (Å²) in [4.78, 5) is 20.4. The van der Waals surface area contributed by atoms with E-state index in [0.29, 0.717) is 5.95 Å². The lowest BCUT2D eigenvalue weighted by atomic mass is 10.1. The van der Waals surface area contributed by atoms with Crippen LogP contribution < -0.4 is 10.2 Å². The van der Waals surface area contributed by atoms with Crippen LogP contribution in [0.1, 0.15) is 24.1 Å². The van der Waals surface area contributed by atoms with Crippen LogP contribution in [-0.4, -0.2) is 53.1 Å². The number of hydrogen-bond acceptors (Lipinski definition) is 7. The Labute approximate surface area is 205 Å². The van der Waals surface area contributed by atoms with E-state index in [1.165, 1.54) is 11.1 Å². The third-order valence-corrected chi connectivity index (χ3v) is 7.35. The zero-order chi connectivity index (χ0) is 23.5. The van der Waals surface area contributed by atoms with Crippen molar-refractivity contribution in [1.29, 1.82) is 0 Å². The van der Waals surface area contributed by atoms with Crippen LogP contribution in [0.5, 0.6) is 0 Å². The Morgan fingerprint density at radius 2 is 1.74 bits per heavy atom. The first kappa shape index (κ1) is 22.5. The van der Waals surface area contributed by atoms with Crippen molar-refractivity contribution >= 4 is 22.4 Å². The van der Waals surface area contributed by atoms with Crippen molar-refractivity contribution in [3.63, 3.8) is 0 Å². The van der Waals surface area contributed by atoms with E-state index in [1.54, 1.807) is 11.3 Å². The molecule has 4 aromatic rings. The van der Waals surface area contributed by atoms with Gasteiger partial charge in [0.25, 0.3) is 0 Å². The molecule has 1 N–H and O–H groups in total. The second-order valence-corrected chi connectivity index (χ2v) is 9.85. The highest BCUT2D eigenvalue weighted by atomic mass is 32.1. The maximum absolute atomic E-state index is 5.13. The van der Waals surface area contributed by atoms with Crippen LogP contribution in [0, 0.1) is 6.92 Å². The lowest BCUT2D eigenvalue weighted by Gasteiger charge is -2.32. The van der Waals surface area contributed by atoms with Gasteiger partial charge in [0.1, 0.15) is 0 Å². The zero-order valence-corrected chi connectivity index (χ0v) is 20.7. The number of likely N-dealkylation sites (N-methyl/N-ethyl adjacent to an activating group) is 1. The number of hydrogen-bond donors (Lipinski definition) is 1. The first-order valence-electron chi connectivity index (χ1n) is 11.7.